The molecule has 2 rings (SSSR count). The van der Waals surface area contributed by atoms with Crippen molar-refractivity contribution in [3.63, 3.8) is 0 Å². The van der Waals surface area contributed by atoms with Crippen LogP contribution in [0.5, 0.6) is 0 Å². The largest absolute Gasteiger partial charge is 0.444 e. The molecule has 1 aromatic rings. The fourth-order valence-electron chi connectivity index (χ4n) is 2.68. The number of thioether (sulfide) groups is 1. The van der Waals surface area contributed by atoms with E-state index in [1.165, 1.54) is 11.1 Å². The van der Waals surface area contributed by atoms with E-state index in [-0.39, 0.29) is 5.41 Å². The SMILES string of the molecule is CC1(C)CN=C(NC(=O)OC(C)(C)C)SCCc2cc(N)ccc2C1. The number of nitrogens with one attached hydrogen (secondary N) is 1. The van der Waals surface area contributed by atoms with Gasteiger partial charge in [0.2, 0.25) is 0 Å². The van der Waals surface area contributed by atoms with Crippen LogP contribution < -0.4 is 11.1 Å². The van der Waals surface area contributed by atoms with Crippen LogP contribution >= 0.6 is 11.8 Å². The Morgan fingerprint density at radius 1 is 1.32 bits per heavy atom. The number of amidine groups is 1. The predicted molar refractivity (Wildman–Crippen MR) is 106 cm³/mol. The molecule has 1 aliphatic rings. The summed E-state index contributed by atoms with van der Waals surface area (Å²) in [6, 6.07) is 6.15. The maximum Gasteiger partial charge on any atom is 0.413 e. The molecule has 0 saturated heterocycles. The number of hydrogen-bond acceptors (Lipinski definition) is 5. The van der Waals surface area contributed by atoms with Crippen LogP contribution in [0.4, 0.5) is 10.5 Å². The number of nitrogens with zero attached hydrogens (tertiary/aromatic N) is 1. The number of amides is 1. The highest BCUT2D eigenvalue weighted by atomic mass is 32.2. The summed E-state index contributed by atoms with van der Waals surface area (Å²) >= 11 is 1.54. The van der Waals surface area contributed by atoms with Gasteiger partial charge in [-0.15, -0.1) is 0 Å². The number of rotatable bonds is 0. The number of aliphatic imine (C=N–C) groups is 1. The average Bonchev–Trinajstić information content (AvgIpc) is 2.45. The van der Waals surface area contributed by atoms with Crippen molar-refractivity contribution in [3.05, 3.63) is 29.3 Å². The summed E-state index contributed by atoms with van der Waals surface area (Å²) in [6.07, 6.45) is 1.35. The summed E-state index contributed by atoms with van der Waals surface area (Å²) in [5.74, 6) is 0.825. The first-order chi connectivity index (χ1) is 11.5. The van der Waals surface area contributed by atoms with Gasteiger partial charge in [0.15, 0.2) is 5.17 Å². The Kier molecular flexibility index (Phi) is 6.03. The molecule has 0 atom stereocenters. The molecule has 1 heterocycles. The third-order valence-electron chi connectivity index (χ3n) is 3.77. The highest BCUT2D eigenvalue weighted by Gasteiger charge is 2.23. The number of ether oxygens (including phenoxy) is 1. The van der Waals surface area contributed by atoms with Crippen molar-refractivity contribution in [1.82, 2.24) is 5.32 Å². The number of nitrogens with two attached hydrogens (primary N) is 1. The van der Waals surface area contributed by atoms with Gasteiger partial charge in [0.25, 0.3) is 0 Å². The minimum atomic E-state index is -0.527. The smallest absolute Gasteiger partial charge is 0.413 e. The van der Waals surface area contributed by atoms with Crippen LogP contribution in [0.15, 0.2) is 23.2 Å². The summed E-state index contributed by atoms with van der Waals surface area (Å²) in [6.45, 7) is 10.6. The van der Waals surface area contributed by atoms with Gasteiger partial charge in [-0.2, -0.15) is 0 Å². The molecule has 25 heavy (non-hydrogen) atoms. The van der Waals surface area contributed by atoms with Gasteiger partial charge < -0.3 is 10.5 Å². The van der Waals surface area contributed by atoms with Gasteiger partial charge in [0.1, 0.15) is 5.60 Å². The lowest BCUT2D eigenvalue weighted by molar-refractivity contribution is 0.0564. The monoisotopic (exact) mass is 363 g/mol. The highest BCUT2D eigenvalue weighted by molar-refractivity contribution is 8.13. The number of carbonyl (C=O) groups is 1. The fourth-order valence-corrected chi connectivity index (χ4v) is 3.50. The standard InChI is InChI=1S/C19H29N3O2S/c1-18(2,3)24-17(23)22-16-21-12-19(4,5)11-14-6-7-15(20)10-13(14)8-9-25-16/h6-7,10H,8-9,11-12,20H2,1-5H3,(H,21,22,23). The summed E-state index contributed by atoms with van der Waals surface area (Å²) in [5, 5.41) is 3.41. The van der Waals surface area contributed by atoms with Crippen LogP contribution in [0.3, 0.4) is 0 Å². The molecule has 0 aromatic heterocycles. The molecule has 5 nitrogen and oxygen atoms in total. The van der Waals surface area contributed by atoms with Crippen LogP contribution in [0.1, 0.15) is 45.7 Å². The second kappa shape index (κ2) is 7.68. The number of carbonyl (C=O) groups excluding carboxylic acids is 1. The van der Waals surface area contributed by atoms with Crippen LogP contribution in [0.2, 0.25) is 0 Å². The minimum Gasteiger partial charge on any atom is -0.444 e. The van der Waals surface area contributed by atoms with Gasteiger partial charge in [0.05, 0.1) is 0 Å². The maximum absolute atomic E-state index is 12.0. The first kappa shape index (κ1) is 19.6. The number of aryl methyl sites for hydroxylation is 1. The molecule has 1 amide bonds. The first-order valence-corrected chi connectivity index (χ1v) is 9.57. The van der Waals surface area contributed by atoms with E-state index in [0.29, 0.717) is 11.7 Å². The molecule has 0 saturated carbocycles. The summed E-state index contributed by atoms with van der Waals surface area (Å²) in [5.41, 5.74) is 8.82. The quantitative estimate of drug-likeness (QED) is 0.683. The Labute approximate surface area is 154 Å². The van der Waals surface area contributed by atoms with Crippen molar-refractivity contribution >= 4 is 28.7 Å². The third kappa shape index (κ3) is 6.61. The molecule has 1 aliphatic heterocycles. The number of fused-ring (bicyclic) bond motifs is 1. The lowest BCUT2D eigenvalue weighted by Gasteiger charge is -2.26. The van der Waals surface area contributed by atoms with Crippen molar-refractivity contribution in [3.8, 4) is 0 Å². The molecule has 0 bridgehead atoms. The zero-order valence-electron chi connectivity index (χ0n) is 15.8. The van der Waals surface area contributed by atoms with Gasteiger partial charge in [-0.3, -0.25) is 10.3 Å². The van der Waals surface area contributed by atoms with Gasteiger partial charge in [-0.05, 0) is 62.3 Å². The third-order valence-corrected chi connectivity index (χ3v) is 4.68. The second-order valence-electron chi connectivity index (χ2n) is 8.22. The normalized spacial score (nSPS) is 17.9. The average molecular weight is 364 g/mol. The first-order valence-electron chi connectivity index (χ1n) is 8.59. The Morgan fingerprint density at radius 3 is 2.72 bits per heavy atom. The summed E-state index contributed by atoms with van der Waals surface area (Å²) < 4.78 is 5.33. The number of alkyl carbamates (subject to hydrolysis) is 1. The van der Waals surface area contributed by atoms with Crippen LogP contribution in [0, 0.1) is 5.41 Å². The van der Waals surface area contributed by atoms with Crippen molar-refractivity contribution < 1.29 is 9.53 Å². The van der Waals surface area contributed by atoms with E-state index >= 15 is 0 Å². The Bertz CT molecular complexity index is 663. The molecule has 1 aromatic carbocycles. The number of benzene rings is 1. The molecule has 0 spiro atoms. The maximum atomic E-state index is 12.0. The lowest BCUT2D eigenvalue weighted by atomic mass is 9.83. The van der Waals surface area contributed by atoms with Gasteiger partial charge in [0, 0.05) is 18.0 Å². The predicted octanol–water partition coefficient (Wildman–Crippen LogP) is 4.01. The van der Waals surface area contributed by atoms with Gasteiger partial charge in [-0.25, -0.2) is 4.79 Å². The zero-order valence-corrected chi connectivity index (χ0v) is 16.6. The van der Waals surface area contributed by atoms with E-state index in [1.807, 2.05) is 26.8 Å². The van der Waals surface area contributed by atoms with Crippen LogP contribution in [-0.4, -0.2) is 29.2 Å². The van der Waals surface area contributed by atoms with E-state index in [2.05, 4.69) is 36.3 Å². The lowest BCUT2D eigenvalue weighted by Crippen LogP contribution is -2.36. The Hall–Kier alpha value is -1.69. The van der Waals surface area contributed by atoms with Crippen molar-refractivity contribution in [1.29, 1.82) is 0 Å². The molecule has 0 aliphatic carbocycles. The molecule has 0 unspecified atom stereocenters. The molecule has 3 N–H and O–H groups in total. The van der Waals surface area contributed by atoms with Crippen LogP contribution in [0.25, 0.3) is 0 Å². The zero-order chi connectivity index (χ0) is 18.7. The van der Waals surface area contributed by atoms with Crippen LogP contribution in [-0.2, 0) is 17.6 Å². The molecule has 0 fully saturated rings. The molecular formula is C19H29N3O2S. The Balaban J connectivity index is 2.14. The van der Waals surface area contributed by atoms with Crippen molar-refractivity contribution in [2.75, 3.05) is 18.0 Å². The number of nitrogen functional groups attached to an aromatic ring is 1. The van der Waals surface area contributed by atoms with E-state index in [1.54, 1.807) is 11.8 Å². The molecular weight excluding hydrogens is 334 g/mol. The summed E-state index contributed by atoms with van der Waals surface area (Å²) in [7, 11) is 0. The highest BCUT2D eigenvalue weighted by Crippen LogP contribution is 2.28. The van der Waals surface area contributed by atoms with E-state index < -0.39 is 11.7 Å². The number of hydrogen-bond donors (Lipinski definition) is 2. The van der Waals surface area contributed by atoms with E-state index in [9.17, 15) is 4.79 Å². The van der Waals surface area contributed by atoms with Gasteiger partial charge >= 0.3 is 6.09 Å². The minimum absolute atomic E-state index is 0.0103. The molecule has 138 valence electrons. The van der Waals surface area contributed by atoms with Gasteiger partial charge in [-0.1, -0.05) is 31.7 Å². The van der Waals surface area contributed by atoms with E-state index in [4.69, 9.17) is 10.5 Å². The van der Waals surface area contributed by atoms with Crippen molar-refractivity contribution in [2.24, 2.45) is 10.4 Å². The fraction of sp³-hybridized carbons (Fsp3) is 0.579. The molecule has 0 radical (unpaired) electrons. The Morgan fingerprint density at radius 2 is 2.04 bits per heavy atom. The molecule has 6 heteroatoms. The summed E-state index contributed by atoms with van der Waals surface area (Å²) in [4.78, 5) is 16.7. The van der Waals surface area contributed by atoms with Crippen molar-refractivity contribution in [2.45, 2.75) is 53.1 Å². The van der Waals surface area contributed by atoms with E-state index in [0.717, 1.165) is 24.3 Å². The topological polar surface area (TPSA) is 76.7 Å². The second-order valence-corrected chi connectivity index (χ2v) is 9.30. The number of anilines is 1.